The van der Waals surface area contributed by atoms with Gasteiger partial charge in [-0.25, -0.2) is 13.2 Å². The highest BCUT2D eigenvalue weighted by molar-refractivity contribution is 6.30. The molecule has 0 N–H and O–H groups in total. The van der Waals surface area contributed by atoms with Gasteiger partial charge in [0.1, 0.15) is 19.1 Å². The minimum atomic E-state index is -2.65. The van der Waals surface area contributed by atoms with Crippen LogP contribution in [0.25, 0.3) is 11.1 Å². The Morgan fingerprint density at radius 1 is 1.09 bits per heavy atom. The Bertz CT molecular complexity index is 800. The van der Waals surface area contributed by atoms with E-state index in [1.54, 1.807) is 43.6 Å². The van der Waals surface area contributed by atoms with Crippen molar-refractivity contribution in [1.82, 2.24) is 4.59 Å². The smallest absolute Gasteiger partial charge is 0.207 e. The molecule has 2 aromatic rings. The topological polar surface area (TPSA) is 12.4 Å². The van der Waals surface area contributed by atoms with Gasteiger partial charge in [0, 0.05) is 22.7 Å². The molecule has 0 aliphatic carbocycles. The van der Waals surface area contributed by atoms with Crippen molar-refractivity contribution in [2.45, 2.75) is 6.43 Å². The van der Waals surface area contributed by atoms with Crippen LogP contribution in [-0.2, 0) is 0 Å². The first kappa shape index (κ1) is 15.8. The van der Waals surface area contributed by atoms with E-state index in [0.717, 1.165) is 5.56 Å². The van der Waals surface area contributed by atoms with E-state index in [2.05, 4.69) is 5.10 Å². The van der Waals surface area contributed by atoms with Gasteiger partial charge >= 0.3 is 0 Å². The van der Waals surface area contributed by atoms with Gasteiger partial charge in [-0.15, -0.1) is 4.59 Å². The van der Waals surface area contributed by atoms with Crippen molar-refractivity contribution in [2.24, 2.45) is 5.10 Å². The summed E-state index contributed by atoms with van der Waals surface area (Å²) < 4.78 is 39.3. The number of rotatable bonds is 3. The second-order valence-electron chi connectivity index (χ2n) is 5.34. The van der Waals surface area contributed by atoms with Crippen molar-refractivity contribution in [3.63, 3.8) is 0 Å². The number of allylic oxidation sites excluding steroid dienone is 1. The molecule has 0 fully saturated rings. The average Bonchev–Trinajstić information content (AvgIpc) is 2.91. The van der Waals surface area contributed by atoms with Crippen molar-refractivity contribution in [2.75, 3.05) is 7.05 Å². The van der Waals surface area contributed by atoms with Crippen molar-refractivity contribution in [1.29, 1.82) is 0 Å². The Labute approximate surface area is 136 Å². The summed E-state index contributed by atoms with van der Waals surface area (Å²) in [5.41, 5.74) is 1.62. The van der Waals surface area contributed by atoms with Gasteiger partial charge in [-0.1, -0.05) is 28.8 Å². The summed E-state index contributed by atoms with van der Waals surface area (Å²) in [6.45, 7) is 0. The maximum atomic E-state index is 13.7. The van der Waals surface area contributed by atoms with Crippen LogP contribution in [0.15, 0.2) is 59.8 Å². The van der Waals surface area contributed by atoms with Gasteiger partial charge < -0.3 is 0 Å². The van der Waals surface area contributed by atoms with E-state index in [9.17, 15) is 13.2 Å². The predicted octanol–water partition coefficient (Wildman–Crippen LogP) is 5.23. The van der Waals surface area contributed by atoms with Crippen molar-refractivity contribution >= 4 is 23.0 Å². The lowest BCUT2D eigenvalue weighted by Gasteiger charge is -2.23. The van der Waals surface area contributed by atoms with Gasteiger partial charge in [-0.2, -0.15) is 0 Å². The number of alkyl halides is 2. The highest BCUT2D eigenvalue weighted by atomic mass is 35.5. The zero-order chi connectivity index (χ0) is 16.6. The van der Waals surface area contributed by atoms with Gasteiger partial charge in [0.15, 0.2) is 11.4 Å². The van der Waals surface area contributed by atoms with E-state index in [1.165, 1.54) is 18.2 Å². The molecule has 0 saturated heterocycles. The quantitative estimate of drug-likeness (QED) is 0.680. The van der Waals surface area contributed by atoms with Gasteiger partial charge in [-0.3, -0.25) is 0 Å². The molecule has 1 heterocycles. The molecule has 3 rings (SSSR count). The number of nitrogens with zero attached hydrogens (tertiary/aromatic N) is 2. The Kier molecular flexibility index (Phi) is 4.00. The SMILES string of the molecule is C[N+]1(c2ccc(F)cc2-c2ccc(Cl)cc2)C=CC(C(F)F)=N1. The van der Waals surface area contributed by atoms with Crippen LogP contribution >= 0.6 is 11.6 Å². The van der Waals surface area contributed by atoms with Crippen LogP contribution in [0.1, 0.15) is 0 Å². The lowest BCUT2D eigenvalue weighted by Crippen LogP contribution is -2.31. The van der Waals surface area contributed by atoms with Crippen LogP contribution in [0, 0.1) is 5.82 Å². The first-order valence-corrected chi connectivity index (χ1v) is 7.27. The number of benzene rings is 2. The first-order chi connectivity index (χ1) is 10.9. The second kappa shape index (κ2) is 5.83. The van der Waals surface area contributed by atoms with Crippen LogP contribution in [0.5, 0.6) is 0 Å². The summed E-state index contributed by atoms with van der Waals surface area (Å²) in [5, 5.41) is 4.63. The summed E-state index contributed by atoms with van der Waals surface area (Å²) in [6, 6.07) is 11.1. The summed E-state index contributed by atoms with van der Waals surface area (Å²) in [6.07, 6.45) is 0.194. The normalized spacial score (nSPS) is 20.2. The molecule has 6 heteroatoms. The van der Waals surface area contributed by atoms with E-state index >= 15 is 0 Å². The van der Waals surface area contributed by atoms with E-state index in [-0.39, 0.29) is 10.3 Å². The summed E-state index contributed by atoms with van der Waals surface area (Å²) in [4.78, 5) is 0. The van der Waals surface area contributed by atoms with Crippen LogP contribution in [-0.4, -0.2) is 19.2 Å². The summed E-state index contributed by atoms with van der Waals surface area (Å²) in [7, 11) is 1.67. The molecule has 1 unspecified atom stereocenters. The van der Waals surface area contributed by atoms with Crippen molar-refractivity contribution in [3.05, 3.63) is 65.6 Å². The monoisotopic (exact) mass is 337 g/mol. The fraction of sp³-hybridized carbons (Fsp3) is 0.118. The highest BCUT2D eigenvalue weighted by Crippen LogP contribution is 2.37. The van der Waals surface area contributed by atoms with Gasteiger partial charge in [0.2, 0.25) is 0 Å². The van der Waals surface area contributed by atoms with E-state index in [1.807, 2.05) is 0 Å². The lowest BCUT2D eigenvalue weighted by atomic mass is 10.0. The van der Waals surface area contributed by atoms with Crippen LogP contribution in [0.3, 0.4) is 0 Å². The third-order valence-corrected chi connectivity index (χ3v) is 3.94. The third kappa shape index (κ3) is 3.02. The number of halogens is 4. The Morgan fingerprint density at radius 2 is 1.78 bits per heavy atom. The zero-order valence-electron chi connectivity index (χ0n) is 12.2. The Balaban J connectivity index is 2.14. The Morgan fingerprint density at radius 3 is 2.39 bits per heavy atom. The minimum Gasteiger partial charge on any atom is -0.207 e. The molecule has 1 atom stereocenters. The molecular weight excluding hydrogens is 325 g/mol. The molecule has 0 radical (unpaired) electrons. The maximum Gasteiger partial charge on any atom is 0.285 e. The molecule has 0 amide bonds. The molecule has 118 valence electrons. The highest BCUT2D eigenvalue weighted by Gasteiger charge is 2.34. The summed E-state index contributed by atoms with van der Waals surface area (Å²) in [5.74, 6) is -0.411. The molecule has 23 heavy (non-hydrogen) atoms. The molecular formula is C17H13ClF3N2+. The fourth-order valence-corrected chi connectivity index (χ4v) is 2.67. The van der Waals surface area contributed by atoms with Crippen molar-refractivity contribution < 1.29 is 13.2 Å². The van der Waals surface area contributed by atoms with Gasteiger partial charge in [0.05, 0.1) is 0 Å². The number of hydrogen-bond acceptors (Lipinski definition) is 1. The average molecular weight is 338 g/mol. The molecule has 2 aromatic carbocycles. The first-order valence-electron chi connectivity index (χ1n) is 6.89. The van der Waals surface area contributed by atoms with Crippen molar-refractivity contribution in [3.8, 4) is 11.1 Å². The van der Waals surface area contributed by atoms with Crippen LogP contribution in [0.4, 0.5) is 18.9 Å². The molecule has 0 spiro atoms. The van der Waals surface area contributed by atoms with E-state index < -0.39 is 12.2 Å². The lowest BCUT2D eigenvalue weighted by molar-refractivity contribution is 0.225. The fourth-order valence-electron chi connectivity index (χ4n) is 2.54. The maximum absolute atomic E-state index is 13.7. The minimum absolute atomic E-state index is 0.197. The summed E-state index contributed by atoms with van der Waals surface area (Å²) >= 11 is 5.88. The molecule has 1 aliphatic rings. The molecule has 2 nitrogen and oxygen atoms in total. The second-order valence-corrected chi connectivity index (χ2v) is 5.77. The van der Waals surface area contributed by atoms with E-state index in [4.69, 9.17) is 11.6 Å². The zero-order valence-corrected chi connectivity index (χ0v) is 12.9. The molecule has 1 aliphatic heterocycles. The predicted molar refractivity (Wildman–Crippen MR) is 87.1 cm³/mol. The largest absolute Gasteiger partial charge is 0.285 e. The Hall–Kier alpha value is -2.11. The van der Waals surface area contributed by atoms with Crippen LogP contribution < -0.4 is 4.59 Å². The number of quaternary nitrogens is 1. The number of hydrogen-bond donors (Lipinski definition) is 0. The van der Waals surface area contributed by atoms with Crippen LogP contribution in [0.2, 0.25) is 5.02 Å². The third-order valence-electron chi connectivity index (χ3n) is 3.68. The molecule has 0 saturated carbocycles. The van der Waals surface area contributed by atoms with E-state index in [0.29, 0.717) is 16.3 Å². The molecule has 0 aromatic heterocycles. The standard InChI is InChI=1S/C17H13ClF3N2/c1-23(9-8-15(22-23)17(20)21)16-7-6-13(19)10-14(16)11-2-4-12(18)5-3-11/h2-10,17H,1H3/q+1. The van der Waals surface area contributed by atoms with Gasteiger partial charge in [-0.05, 0) is 29.8 Å². The van der Waals surface area contributed by atoms with Gasteiger partial charge in [0.25, 0.3) is 6.43 Å². The molecule has 0 bridgehead atoms.